The van der Waals surface area contributed by atoms with Gasteiger partial charge in [0, 0.05) is 38.3 Å². The fraction of sp³-hybridized carbons (Fsp3) is 1.00. The molecule has 100 valence electrons. The lowest BCUT2D eigenvalue weighted by atomic mass is 10.0. The van der Waals surface area contributed by atoms with E-state index in [0.29, 0.717) is 18.2 Å². The third-order valence-electron chi connectivity index (χ3n) is 4.50. The van der Waals surface area contributed by atoms with Crippen LogP contribution >= 0.6 is 0 Å². The fourth-order valence-electron chi connectivity index (χ4n) is 3.44. The van der Waals surface area contributed by atoms with Crippen molar-refractivity contribution in [1.82, 2.24) is 10.2 Å². The van der Waals surface area contributed by atoms with Crippen LogP contribution in [0.15, 0.2) is 0 Å². The van der Waals surface area contributed by atoms with Gasteiger partial charge in [0.1, 0.15) is 0 Å². The second kappa shape index (κ2) is 6.17. The van der Waals surface area contributed by atoms with Crippen molar-refractivity contribution >= 4 is 0 Å². The van der Waals surface area contributed by atoms with Crippen LogP contribution in [0.4, 0.5) is 0 Å². The first-order valence-corrected chi connectivity index (χ1v) is 7.26. The normalized spacial score (nSPS) is 39.7. The van der Waals surface area contributed by atoms with Gasteiger partial charge in [-0.15, -0.1) is 0 Å². The summed E-state index contributed by atoms with van der Waals surface area (Å²) >= 11 is 0. The number of nitrogens with zero attached hydrogens (tertiary/aromatic N) is 1. The molecule has 0 aromatic heterocycles. The molecular weight excluding hydrogens is 212 g/mol. The number of hydrogen-bond acceptors (Lipinski definition) is 3. The van der Waals surface area contributed by atoms with Crippen molar-refractivity contribution in [2.75, 3.05) is 20.2 Å². The monoisotopic (exact) mass is 240 g/mol. The second-order valence-corrected chi connectivity index (χ2v) is 5.76. The van der Waals surface area contributed by atoms with Crippen molar-refractivity contribution in [1.29, 1.82) is 0 Å². The molecule has 1 saturated carbocycles. The Bertz CT molecular complexity index is 234. The van der Waals surface area contributed by atoms with Gasteiger partial charge in [0.15, 0.2) is 0 Å². The van der Waals surface area contributed by atoms with Gasteiger partial charge in [-0.25, -0.2) is 0 Å². The number of hydrogen-bond donors (Lipinski definition) is 1. The topological polar surface area (TPSA) is 24.5 Å². The van der Waals surface area contributed by atoms with Crippen molar-refractivity contribution in [2.45, 2.75) is 70.2 Å². The van der Waals surface area contributed by atoms with Gasteiger partial charge in [0.25, 0.3) is 0 Å². The van der Waals surface area contributed by atoms with Gasteiger partial charge in [-0.3, -0.25) is 4.90 Å². The predicted octanol–water partition coefficient (Wildman–Crippen LogP) is 2.02. The molecule has 1 saturated heterocycles. The first-order valence-electron chi connectivity index (χ1n) is 7.26. The van der Waals surface area contributed by atoms with Crippen molar-refractivity contribution in [3.8, 4) is 0 Å². The molecule has 0 bridgehead atoms. The summed E-state index contributed by atoms with van der Waals surface area (Å²) in [6, 6.07) is 2.15. The van der Waals surface area contributed by atoms with Crippen LogP contribution in [0.5, 0.6) is 0 Å². The number of rotatable bonds is 4. The van der Waals surface area contributed by atoms with E-state index in [-0.39, 0.29) is 0 Å². The van der Waals surface area contributed by atoms with Crippen molar-refractivity contribution < 1.29 is 4.74 Å². The molecule has 1 heterocycles. The Hall–Kier alpha value is -0.120. The fourth-order valence-corrected chi connectivity index (χ4v) is 3.44. The van der Waals surface area contributed by atoms with Crippen LogP contribution in [0.25, 0.3) is 0 Å². The first kappa shape index (κ1) is 13.3. The third kappa shape index (κ3) is 3.21. The molecule has 17 heavy (non-hydrogen) atoms. The van der Waals surface area contributed by atoms with Crippen molar-refractivity contribution in [2.24, 2.45) is 0 Å². The number of methoxy groups -OCH3 is 1. The van der Waals surface area contributed by atoms with Gasteiger partial charge in [-0.2, -0.15) is 0 Å². The van der Waals surface area contributed by atoms with Crippen molar-refractivity contribution in [3.63, 3.8) is 0 Å². The summed E-state index contributed by atoms with van der Waals surface area (Å²) in [6.07, 6.45) is 6.90. The minimum atomic E-state index is 0.506. The number of piperazine rings is 1. The molecule has 2 rings (SSSR count). The average Bonchev–Trinajstić information content (AvgIpc) is 2.80. The minimum absolute atomic E-state index is 0.506. The molecule has 0 amide bonds. The Morgan fingerprint density at radius 3 is 2.82 bits per heavy atom. The van der Waals surface area contributed by atoms with E-state index in [2.05, 4.69) is 24.1 Å². The Kier molecular flexibility index (Phi) is 4.83. The zero-order valence-corrected chi connectivity index (χ0v) is 11.6. The third-order valence-corrected chi connectivity index (χ3v) is 4.50. The number of nitrogens with one attached hydrogen (secondary N) is 1. The largest absolute Gasteiger partial charge is 0.381 e. The van der Waals surface area contributed by atoms with E-state index in [9.17, 15) is 0 Å². The summed E-state index contributed by atoms with van der Waals surface area (Å²) in [5.74, 6) is 0. The van der Waals surface area contributed by atoms with Crippen LogP contribution in [0, 0.1) is 0 Å². The highest BCUT2D eigenvalue weighted by molar-refractivity contribution is 4.91. The number of ether oxygens (including phenoxy) is 1. The van der Waals surface area contributed by atoms with Crippen molar-refractivity contribution in [3.05, 3.63) is 0 Å². The maximum atomic E-state index is 5.50. The van der Waals surface area contributed by atoms with E-state index in [0.717, 1.165) is 12.6 Å². The van der Waals surface area contributed by atoms with E-state index in [4.69, 9.17) is 4.74 Å². The predicted molar refractivity (Wildman–Crippen MR) is 71.3 cm³/mol. The second-order valence-electron chi connectivity index (χ2n) is 5.76. The standard InChI is InChI=1S/C14H28N2O/c1-4-5-12-10-16(11(2)9-15-12)13-6-7-14(8-13)17-3/h11-15H,4-10H2,1-3H3. The minimum Gasteiger partial charge on any atom is -0.381 e. The Morgan fingerprint density at radius 2 is 2.18 bits per heavy atom. The molecule has 1 N–H and O–H groups in total. The molecule has 2 fully saturated rings. The molecule has 2 aliphatic rings. The van der Waals surface area contributed by atoms with E-state index >= 15 is 0 Å². The summed E-state index contributed by atoms with van der Waals surface area (Å²) in [5, 5.41) is 3.68. The van der Waals surface area contributed by atoms with E-state index in [1.165, 1.54) is 38.6 Å². The molecular formula is C14H28N2O. The molecule has 1 aliphatic heterocycles. The summed E-state index contributed by atoms with van der Waals surface area (Å²) in [4.78, 5) is 2.73. The Morgan fingerprint density at radius 1 is 1.35 bits per heavy atom. The maximum Gasteiger partial charge on any atom is 0.0586 e. The van der Waals surface area contributed by atoms with Gasteiger partial charge < -0.3 is 10.1 Å². The molecule has 0 aromatic carbocycles. The lowest BCUT2D eigenvalue weighted by Gasteiger charge is -2.42. The van der Waals surface area contributed by atoms with Crippen LogP contribution in [-0.2, 0) is 4.74 Å². The molecule has 0 radical (unpaired) electrons. The Labute approximate surface area is 106 Å². The molecule has 4 unspecified atom stereocenters. The van der Waals surface area contributed by atoms with Crippen LogP contribution < -0.4 is 5.32 Å². The summed E-state index contributed by atoms with van der Waals surface area (Å²) in [6.45, 7) is 7.02. The highest BCUT2D eigenvalue weighted by atomic mass is 16.5. The van der Waals surface area contributed by atoms with Crippen LogP contribution in [0.1, 0.15) is 46.0 Å². The molecule has 0 spiro atoms. The molecule has 3 nitrogen and oxygen atoms in total. The van der Waals surface area contributed by atoms with Gasteiger partial charge >= 0.3 is 0 Å². The van der Waals surface area contributed by atoms with Gasteiger partial charge in [0.2, 0.25) is 0 Å². The van der Waals surface area contributed by atoms with Gasteiger partial charge in [0.05, 0.1) is 6.10 Å². The van der Waals surface area contributed by atoms with E-state index in [1.807, 2.05) is 7.11 Å². The maximum absolute atomic E-state index is 5.50. The quantitative estimate of drug-likeness (QED) is 0.813. The van der Waals surface area contributed by atoms with Crippen LogP contribution in [0.2, 0.25) is 0 Å². The van der Waals surface area contributed by atoms with Gasteiger partial charge in [-0.1, -0.05) is 13.3 Å². The van der Waals surface area contributed by atoms with E-state index < -0.39 is 0 Å². The molecule has 1 aliphatic carbocycles. The highest BCUT2D eigenvalue weighted by Gasteiger charge is 2.34. The lowest BCUT2D eigenvalue weighted by molar-refractivity contribution is 0.0672. The van der Waals surface area contributed by atoms with Crippen LogP contribution in [0.3, 0.4) is 0 Å². The summed E-state index contributed by atoms with van der Waals surface area (Å²) in [5.41, 5.74) is 0. The zero-order chi connectivity index (χ0) is 12.3. The smallest absolute Gasteiger partial charge is 0.0586 e. The van der Waals surface area contributed by atoms with Gasteiger partial charge in [-0.05, 0) is 32.6 Å². The van der Waals surface area contributed by atoms with Crippen LogP contribution in [-0.4, -0.2) is 49.3 Å². The lowest BCUT2D eigenvalue weighted by Crippen LogP contribution is -2.58. The summed E-state index contributed by atoms with van der Waals surface area (Å²) < 4.78 is 5.50. The molecule has 0 aromatic rings. The zero-order valence-electron chi connectivity index (χ0n) is 11.6. The molecule has 3 heteroatoms. The molecule has 4 atom stereocenters. The van der Waals surface area contributed by atoms with E-state index in [1.54, 1.807) is 0 Å². The summed E-state index contributed by atoms with van der Waals surface area (Å²) in [7, 11) is 1.86. The highest BCUT2D eigenvalue weighted by Crippen LogP contribution is 2.28. The SMILES string of the molecule is CCCC1CN(C2CCC(OC)C2)C(C)CN1. The first-order chi connectivity index (χ1) is 8.24. The Balaban J connectivity index is 1.89. The average molecular weight is 240 g/mol.